The summed E-state index contributed by atoms with van der Waals surface area (Å²) in [4.78, 5) is 11.9. The average Bonchev–Trinajstić information content (AvgIpc) is 2.98. The van der Waals surface area contributed by atoms with Crippen LogP contribution in [0, 0.1) is 12.3 Å². The largest absolute Gasteiger partial charge is 0.393 e. The van der Waals surface area contributed by atoms with Crippen LogP contribution in [0.3, 0.4) is 0 Å². The molecule has 0 spiro atoms. The van der Waals surface area contributed by atoms with Crippen LogP contribution in [-0.4, -0.2) is 33.0 Å². The van der Waals surface area contributed by atoms with E-state index in [0.29, 0.717) is 19.3 Å². The number of amides is 1. The second-order valence-corrected chi connectivity index (χ2v) is 6.07. The van der Waals surface area contributed by atoms with E-state index in [1.54, 1.807) is 11.9 Å². The van der Waals surface area contributed by atoms with Gasteiger partial charge in [-0.05, 0) is 37.7 Å². The number of rotatable bonds is 7. The van der Waals surface area contributed by atoms with Crippen molar-refractivity contribution in [2.75, 3.05) is 0 Å². The predicted octanol–water partition coefficient (Wildman–Crippen LogP) is 1.61. The first-order valence-corrected chi connectivity index (χ1v) is 7.77. The molecule has 4 N–H and O–H groups in total. The average molecular weight is 306 g/mol. The summed E-state index contributed by atoms with van der Waals surface area (Å²) in [5.74, 6) is -1.43. The summed E-state index contributed by atoms with van der Waals surface area (Å²) in [6.45, 7) is 0. The topological polar surface area (TPSA) is 89.8 Å². The van der Waals surface area contributed by atoms with Crippen LogP contribution >= 0.6 is 0 Å². The first-order valence-electron chi connectivity index (χ1n) is 7.77. The summed E-state index contributed by atoms with van der Waals surface area (Å²) in [5.41, 5.74) is 1.57. The highest BCUT2D eigenvalue weighted by Gasteiger charge is 2.44. The molecule has 0 bridgehead atoms. The van der Waals surface area contributed by atoms with Crippen molar-refractivity contribution in [3.05, 3.63) is 42.3 Å². The van der Waals surface area contributed by atoms with E-state index in [9.17, 15) is 15.0 Å². The van der Waals surface area contributed by atoms with Gasteiger partial charge in [0.2, 0.25) is 5.91 Å². The maximum Gasteiger partial charge on any atom is 0.249 e. The lowest BCUT2D eigenvalue weighted by atomic mass is 9.80. The Bertz CT molecular complexity index is 471. The third-order valence-corrected chi connectivity index (χ3v) is 4.49. The zero-order valence-corrected chi connectivity index (χ0v) is 12.6. The molecule has 22 heavy (non-hydrogen) atoms. The minimum Gasteiger partial charge on any atom is -0.393 e. The van der Waals surface area contributed by atoms with E-state index >= 15 is 0 Å². The second-order valence-electron chi connectivity index (χ2n) is 6.07. The van der Waals surface area contributed by atoms with Gasteiger partial charge in [0, 0.05) is 0 Å². The van der Waals surface area contributed by atoms with Crippen molar-refractivity contribution in [2.24, 2.45) is 5.92 Å². The van der Waals surface area contributed by atoms with Crippen molar-refractivity contribution in [1.82, 2.24) is 5.48 Å². The smallest absolute Gasteiger partial charge is 0.249 e. The van der Waals surface area contributed by atoms with Crippen molar-refractivity contribution in [2.45, 2.75) is 50.2 Å². The first kappa shape index (κ1) is 16.9. The molecule has 1 aliphatic rings. The Kier molecular flexibility index (Phi) is 5.94. The summed E-state index contributed by atoms with van der Waals surface area (Å²) in [6, 6.07) is 9.71. The molecule has 1 radical (unpaired) electrons. The minimum atomic E-state index is -1.13. The lowest BCUT2D eigenvalue weighted by molar-refractivity contribution is -0.145. The third kappa shape index (κ3) is 4.29. The Balaban J connectivity index is 1.93. The summed E-state index contributed by atoms with van der Waals surface area (Å²) in [7, 11) is 0. The Morgan fingerprint density at radius 1 is 1.27 bits per heavy atom. The Morgan fingerprint density at radius 3 is 2.50 bits per heavy atom. The number of carbonyl (C=O) groups excluding carboxylic acids is 1. The lowest BCUT2D eigenvalue weighted by Gasteiger charge is -2.32. The molecule has 121 valence electrons. The maximum atomic E-state index is 11.9. The normalized spacial score (nSPS) is 19.6. The molecule has 1 aromatic rings. The molecule has 5 heteroatoms. The number of benzene rings is 1. The van der Waals surface area contributed by atoms with Crippen LogP contribution in [0.4, 0.5) is 0 Å². The lowest BCUT2D eigenvalue weighted by Crippen LogP contribution is -2.46. The number of nitrogens with one attached hydrogen (secondary N) is 1. The fourth-order valence-electron chi connectivity index (χ4n) is 3.21. The van der Waals surface area contributed by atoms with Gasteiger partial charge in [-0.2, -0.15) is 0 Å². The van der Waals surface area contributed by atoms with E-state index in [0.717, 1.165) is 18.4 Å². The van der Waals surface area contributed by atoms with Gasteiger partial charge < -0.3 is 10.2 Å². The molecule has 2 rings (SSSR count). The van der Waals surface area contributed by atoms with Gasteiger partial charge >= 0.3 is 0 Å². The van der Waals surface area contributed by atoms with Gasteiger partial charge in [0.15, 0.2) is 0 Å². The number of aliphatic hydroxyl groups is 2. The Labute approximate surface area is 130 Å². The number of hydrogen-bond acceptors (Lipinski definition) is 4. The number of hydrogen-bond donors (Lipinski definition) is 4. The highest BCUT2D eigenvalue weighted by Crippen LogP contribution is 2.38. The standard InChI is InChI=1S/C17H24NO4/c19-14(9-8-13-6-2-1-3-7-13)12-15(16(20)18-22)17(21)10-4-5-11-17/h1-3,6-7,9,14-15,19,21-22H,4-5,8,10-12H2,(H,18,20)/t14-,15+/m0/s1. The molecule has 0 aliphatic heterocycles. The van der Waals surface area contributed by atoms with E-state index < -0.39 is 23.5 Å². The van der Waals surface area contributed by atoms with Crippen LogP contribution in [0.15, 0.2) is 30.3 Å². The van der Waals surface area contributed by atoms with Crippen LogP contribution in [0.25, 0.3) is 0 Å². The molecule has 1 amide bonds. The predicted molar refractivity (Wildman–Crippen MR) is 81.9 cm³/mol. The number of hydroxylamine groups is 1. The third-order valence-electron chi connectivity index (χ3n) is 4.49. The van der Waals surface area contributed by atoms with Gasteiger partial charge in [0.25, 0.3) is 0 Å². The molecule has 1 fully saturated rings. The zero-order chi connectivity index (χ0) is 16.0. The van der Waals surface area contributed by atoms with Crippen molar-refractivity contribution in [3.63, 3.8) is 0 Å². The summed E-state index contributed by atoms with van der Waals surface area (Å²) in [5, 5.41) is 29.7. The number of carbonyl (C=O) groups is 1. The van der Waals surface area contributed by atoms with Crippen molar-refractivity contribution >= 4 is 5.91 Å². The van der Waals surface area contributed by atoms with Gasteiger partial charge in [0.1, 0.15) is 0 Å². The van der Waals surface area contributed by atoms with E-state index in [2.05, 4.69) is 0 Å². The zero-order valence-electron chi connectivity index (χ0n) is 12.6. The fraction of sp³-hybridized carbons (Fsp3) is 0.529. The molecule has 0 aromatic heterocycles. The van der Waals surface area contributed by atoms with E-state index in [1.807, 2.05) is 30.3 Å². The first-order chi connectivity index (χ1) is 10.5. The summed E-state index contributed by atoms with van der Waals surface area (Å²) < 4.78 is 0. The number of aliphatic hydroxyl groups excluding tert-OH is 1. The van der Waals surface area contributed by atoms with Crippen LogP contribution in [0.2, 0.25) is 0 Å². The van der Waals surface area contributed by atoms with Crippen molar-refractivity contribution in [3.8, 4) is 0 Å². The van der Waals surface area contributed by atoms with E-state index in [1.165, 1.54) is 0 Å². The molecular weight excluding hydrogens is 282 g/mol. The molecular formula is C17H24NO4. The van der Waals surface area contributed by atoms with E-state index in [4.69, 9.17) is 5.21 Å². The van der Waals surface area contributed by atoms with Crippen molar-refractivity contribution < 1.29 is 20.2 Å². The highest BCUT2D eigenvalue weighted by atomic mass is 16.5. The monoisotopic (exact) mass is 306 g/mol. The van der Waals surface area contributed by atoms with Crippen LogP contribution in [0.1, 0.15) is 37.7 Å². The van der Waals surface area contributed by atoms with Crippen LogP contribution in [0.5, 0.6) is 0 Å². The summed E-state index contributed by atoms with van der Waals surface area (Å²) in [6.07, 6.45) is 4.37. The maximum absolute atomic E-state index is 11.9. The van der Waals surface area contributed by atoms with Crippen LogP contribution in [-0.2, 0) is 11.2 Å². The fourth-order valence-corrected chi connectivity index (χ4v) is 3.21. The highest BCUT2D eigenvalue weighted by molar-refractivity contribution is 5.78. The molecule has 1 aliphatic carbocycles. The molecule has 0 unspecified atom stereocenters. The quantitative estimate of drug-likeness (QED) is 0.455. The molecule has 1 aromatic carbocycles. The Morgan fingerprint density at radius 2 is 1.91 bits per heavy atom. The van der Waals surface area contributed by atoms with Gasteiger partial charge in [-0.3, -0.25) is 10.0 Å². The molecule has 2 atom stereocenters. The van der Waals surface area contributed by atoms with Gasteiger partial charge in [-0.15, -0.1) is 0 Å². The van der Waals surface area contributed by atoms with Gasteiger partial charge in [0.05, 0.1) is 17.6 Å². The minimum absolute atomic E-state index is 0.107. The second kappa shape index (κ2) is 7.72. The van der Waals surface area contributed by atoms with Crippen molar-refractivity contribution in [1.29, 1.82) is 0 Å². The van der Waals surface area contributed by atoms with Crippen LogP contribution < -0.4 is 5.48 Å². The SMILES string of the molecule is O=C(NO)[C@@H](C[C@@H](O)[CH]Cc1ccccc1)C1(O)CCCC1. The summed E-state index contributed by atoms with van der Waals surface area (Å²) >= 11 is 0. The van der Waals surface area contributed by atoms with Gasteiger partial charge in [-0.1, -0.05) is 43.2 Å². The molecule has 0 saturated heterocycles. The molecule has 1 saturated carbocycles. The molecule has 0 heterocycles. The van der Waals surface area contributed by atoms with Gasteiger partial charge in [-0.25, -0.2) is 5.48 Å². The Hall–Kier alpha value is -1.43. The van der Waals surface area contributed by atoms with E-state index in [-0.39, 0.29) is 6.42 Å². The molecule has 5 nitrogen and oxygen atoms in total.